The van der Waals surface area contributed by atoms with Crippen LogP contribution in [0.3, 0.4) is 0 Å². The van der Waals surface area contributed by atoms with Crippen LogP contribution in [-0.4, -0.2) is 44.0 Å². The highest BCUT2D eigenvalue weighted by Gasteiger charge is 2.29. The highest BCUT2D eigenvalue weighted by Crippen LogP contribution is 2.13. The van der Waals surface area contributed by atoms with E-state index in [-0.39, 0.29) is 12.1 Å². The third-order valence-corrected chi connectivity index (χ3v) is 2.79. The van der Waals surface area contributed by atoms with Crippen molar-refractivity contribution in [3.8, 4) is 0 Å². The molecule has 0 aliphatic carbocycles. The van der Waals surface area contributed by atoms with Crippen LogP contribution in [0.2, 0.25) is 0 Å². The fourth-order valence-electron chi connectivity index (χ4n) is 1.55. The number of ether oxygens (including phenoxy) is 3. The van der Waals surface area contributed by atoms with E-state index in [1.54, 1.807) is 13.8 Å². The molecule has 17 heavy (non-hydrogen) atoms. The summed E-state index contributed by atoms with van der Waals surface area (Å²) in [5.74, 6) is -0.326. The van der Waals surface area contributed by atoms with Crippen LogP contribution in [0, 0.1) is 0 Å². The minimum absolute atomic E-state index is 0.268. The number of carbonyl (C=O) groups is 1. The van der Waals surface area contributed by atoms with Crippen molar-refractivity contribution in [3.05, 3.63) is 0 Å². The summed E-state index contributed by atoms with van der Waals surface area (Å²) in [5.41, 5.74) is 5.01. The molecule has 5 nitrogen and oxygen atoms in total. The summed E-state index contributed by atoms with van der Waals surface area (Å²) < 4.78 is 15.4. The van der Waals surface area contributed by atoms with E-state index in [9.17, 15) is 4.79 Å². The van der Waals surface area contributed by atoms with Gasteiger partial charge in [-0.2, -0.15) is 0 Å². The van der Waals surface area contributed by atoms with Crippen molar-refractivity contribution in [2.45, 2.75) is 44.8 Å². The first-order valence-corrected chi connectivity index (χ1v) is 6.21. The van der Waals surface area contributed by atoms with E-state index >= 15 is 0 Å². The van der Waals surface area contributed by atoms with E-state index in [0.29, 0.717) is 32.8 Å². The van der Waals surface area contributed by atoms with E-state index in [1.807, 2.05) is 0 Å². The number of unbranched alkanes of at least 4 members (excludes halogenated alkanes) is 1. The second kappa shape index (κ2) is 6.93. The molecule has 0 aromatic rings. The number of nitrogens with two attached hydrogens (primary N) is 1. The van der Waals surface area contributed by atoms with Gasteiger partial charge in [-0.05, 0) is 33.1 Å². The summed E-state index contributed by atoms with van der Waals surface area (Å²) in [5, 5.41) is 0. The Bertz CT molecular complexity index is 239. The molecule has 0 aromatic carbocycles. The summed E-state index contributed by atoms with van der Waals surface area (Å²) in [6.07, 6.45) is 2.66. The average molecular weight is 245 g/mol. The zero-order chi connectivity index (χ0) is 12.7. The molecular weight excluding hydrogens is 222 g/mol. The number of hydrogen-bond acceptors (Lipinski definition) is 5. The maximum Gasteiger partial charge on any atom is 0.325 e. The SMILES string of the molecule is CCOC(=O)C(C)(N)CCCCOC1COC1. The lowest BCUT2D eigenvalue weighted by Crippen LogP contribution is -2.46. The molecule has 0 spiro atoms. The van der Waals surface area contributed by atoms with Gasteiger partial charge >= 0.3 is 5.97 Å². The van der Waals surface area contributed by atoms with Crippen LogP contribution < -0.4 is 5.73 Å². The Balaban J connectivity index is 2.05. The lowest BCUT2D eigenvalue weighted by molar-refractivity contribution is -0.149. The Hall–Kier alpha value is -0.650. The molecule has 1 heterocycles. The molecule has 2 N–H and O–H groups in total. The Kier molecular flexibility index (Phi) is 5.88. The van der Waals surface area contributed by atoms with Crippen molar-refractivity contribution in [1.82, 2.24) is 0 Å². The van der Waals surface area contributed by atoms with Gasteiger partial charge in [0.05, 0.1) is 19.8 Å². The normalized spacial score (nSPS) is 19.5. The molecule has 5 heteroatoms. The van der Waals surface area contributed by atoms with E-state index in [4.69, 9.17) is 19.9 Å². The highest BCUT2D eigenvalue weighted by atomic mass is 16.6. The molecule has 1 unspecified atom stereocenters. The first-order valence-electron chi connectivity index (χ1n) is 6.21. The molecule has 0 radical (unpaired) electrons. The van der Waals surface area contributed by atoms with Crippen LogP contribution in [0.5, 0.6) is 0 Å². The van der Waals surface area contributed by atoms with Gasteiger partial charge in [0.15, 0.2) is 0 Å². The number of rotatable bonds is 8. The van der Waals surface area contributed by atoms with Crippen molar-refractivity contribution in [3.63, 3.8) is 0 Å². The molecule has 1 saturated heterocycles. The van der Waals surface area contributed by atoms with Gasteiger partial charge in [0.25, 0.3) is 0 Å². The zero-order valence-corrected chi connectivity index (χ0v) is 10.7. The molecule has 1 fully saturated rings. The number of carbonyl (C=O) groups excluding carboxylic acids is 1. The summed E-state index contributed by atoms with van der Waals surface area (Å²) in [4.78, 5) is 11.5. The molecule has 0 aromatic heterocycles. The fourth-order valence-corrected chi connectivity index (χ4v) is 1.55. The standard InChI is InChI=1S/C12H23NO4/c1-3-16-11(14)12(2,13)6-4-5-7-17-10-8-15-9-10/h10H,3-9,13H2,1-2H3. The Morgan fingerprint density at radius 2 is 2.18 bits per heavy atom. The molecule has 1 aliphatic rings. The maximum atomic E-state index is 11.5. The molecule has 0 saturated carbocycles. The van der Waals surface area contributed by atoms with Gasteiger partial charge in [0.1, 0.15) is 11.6 Å². The maximum absolute atomic E-state index is 11.5. The Morgan fingerprint density at radius 1 is 1.47 bits per heavy atom. The first-order chi connectivity index (χ1) is 8.06. The lowest BCUT2D eigenvalue weighted by atomic mass is 9.96. The van der Waals surface area contributed by atoms with E-state index in [2.05, 4.69) is 0 Å². The van der Waals surface area contributed by atoms with Gasteiger partial charge in [-0.1, -0.05) is 0 Å². The Morgan fingerprint density at radius 3 is 2.71 bits per heavy atom. The molecule has 1 rings (SSSR count). The Labute approximate surface area is 103 Å². The summed E-state index contributed by atoms with van der Waals surface area (Å²) in [7, 11) is 0. The molecule has 1 aliphatic heterocycles. The van der Waals surface area contributed by atoms with Crippen molar-refractivity contribution in [2.24, 2.45) is 5.73 Å². The van der Waals surface area contributed by atoms with Crippen LogP contribution in [0.25, 0.3) is 0 Å². The lowest BCUT2D eigenvalue weighted by Gasteiger charge is -2.26. The van der Waals surface area contributed by atoms with E-state index in [1.165, 1.54) is 0 Å². The van der Waals surface area contributed by atoms with Crippen LogP contribution >= 0.6 is 0 Å². The first kappa shape index (κ1) is 14.4. The van der Waals surface area contributed by atoms with Crippen LogP contribution in [0.4, 0.5) is 0 Å². The predicted molar refractivity (Wildman–Crippen MR) is 63.6 cm³/mol. The van der Waals surface area contributed by atoms with Crippen molar-refractivity contribution in [2.75, 3.05) is 26.4 Å². The second-order valence-electron chi connectivity index (χ2n) is 4.63. The predicted octanol–water partition coefficient (Wildman–Crippen LogP) is 0.853. The van der Waals surface area contributed by atoms with Crippen molar-refractivity contribution in [1.29, 1.82) is 0 Å². The van der Waals surface area contributed by atoms with Gasteiger partial charge in [-0.25, -0.2) is 0 Å². The van der Waals surface area contributed by atoms with Gasteiger partial charge < -0.3 is 19.9 Å². The van der Waals surface area contributed by atoms with Crippen molar-refractivity contribution >= 4 is 5.97 Å². The van der Waals surface area contributed by atoms with Gasteiger partial charge in [-0.15, -0.1) is 0 Å². The van der Waals surface area contributed by atoms with Gasteiger partial charge in [0.2, 0.25) is 0 Å². The monoisotopic (exact) mass is 245 g/mol. The third-order valence-electron chi connectivity index (χ3n) is 2.79. The average Bonchev–Trinajstić information content (AvgIpc) is 2.20. The molecule has 100 valence electrons. The number of esters is 1. The summed E-state index contributed by atoms with van der Waals surface area (Å²) >= 11 is 0. The highest BCUT2D eigenvalue weighted by molar-refractivity contribution is 5.79. The number of hydrogen-bond donors (Lipinski definition) is 1. The smallest absolute Gasteiger partial charge is 0.325 e. The molecule has 1 atom stereocenters. The second-order valence-corrected chi connectivity index (χ2v) is 4.63. The van der Waals surface area contributed by atoms with E-state index in [0.717, 1.165) is 12.8 Å². The minimum atomic E-state index is -0.879. The molecular formula is C12H23NO4. The summed E-state index contributed by atoms with van der Waals surface area (Å²) in [6, 6.07) is 0. The quantitative estimate of drug-likeness (QED) is 0.507. The molecule has 0 bridgehead atoms. The summed E-state index contributed by atoms with van der Waals surface area (Å²) in [6.45, 7) is 5.98. The third kappa shape index (κ3) is 5.02. The molecule has 0 amide bonds. The van der Waals surface area contributed by atoms with Crippen molar-refractivity contribution < 1.29 is 19.0 Å². The van der Waals surface area contributed by atoms with E-state index < -0.39 is 5.54 Å². The fraction of sp³-hybridized carbons (Fsp3) is 0.917. The van der Waals surface area contributed by atoms with Crippen LogP contribution in [-0.2, 0) is 19.0 Å². The minimum Gasteiger partial charge on any atom is -0.465 e. The largest absolute Gasteiger partial charge is 0.465 e. The van der Waals surface area contributed by atoms with Gasteiger partial charge in [-0.3, -0.25) is 4.79 Å². The van der Waals surface area contributed by atoms with Crippen LogP contribution in [0.15, 0.2) is 0 Å². The zero-order valence-electron chi connectivity index (χ0n) is 10.7. The van der Waals surface area contributed by atoms with Crippen LogP contribution in [0.1, 0.15) is 33.1 Å². The topological polar surface area (TPSA) is 70.8 Å². The van der Waals surface area contributed by atoms with Gasteiger partial charge in [0, 0.05) is 6.61 Å².